The van der Waals surface area contributed by atoms with Crippen molar-refractivity contribution < 1.29 is 4.79 Å². The summed E-state index contributed by atoms with van der Waals surface area (Å²) in [5, 5.41) is 9.22. The topological polar surface area (TPSA) is 96.7 Å². The van der Waals surface area contributed by atoms with E-state index in [2.05, 4.69) is 20.5 Å². The van der Waals surface area contributed by atoms with Crippen LogP contribution in [0.1, 0.15) is 26.6 Å². The summed E-state index contributed by atoms with van der Waals surface area (Å²) in [5.41, 5.74) is 5.58. The van der Waals surface area contributed by atoms with E-state index in [0.717, 1.165) is 5.82 Å². The van der Waals surface area contributed by atoms with E-state index in [1.807, 2.05) is 20.8 Å². The Bertz CT molecular complexity index is 327. The monoisotopic (exact) mass is 225 g/mol. The maximum atomic E-state index is 11.6. The quantitative estimate of drug-likeness (QED) is 0.663. The highest BCUT2D eigenvalue weighted by Crippen LogP contribution is 2.16. The molecule has 16 heavy (non-hydrogen) atoms. The van der Waals surface area contributed by atoms with Crippen molar-refractivity contribution >= 4 is 5.91 Å². The molecule has 0 aromatic carbocycles. The van der Waals surface area contributed by atoms with E-state index >= 15 is 0 Å². The van der Waals surface area contributed by atoms with E-state index in [9.17, 15) is 4.79 Å². The maximum Gasteiger partial charge on any atom is 0.237 e. The summed E-state index contributed by atoms with van der Waals surface area (Å²) in [4.78, 5) is 15.6. The largest absolute Gasteiger partial charge is 0.354 e. The van der Waals surface area contributed by atoms with Crippen LogP contribution in [0.2, 0.25) is 0 Å². The zero-order valence-electron chi connectivity index (χ0n) is 9.95. The van der Waals surface area contributed by atoms with Crippen LogP contribution in [0, 0.1) is 5.41 Å². The molecule has 6 nitrogen and oxygen atoms in total. The molecule has 1 atom stereocenters. The van der Waals surface area contributed by atoms with Crippen molar-refractivity contribution in [1.29, 1.82) is 0 Å². The number of H-pyrrole nitrogens is 1. The average molecular weight is 225 g/mol. The molecule has 0 unspecified atom stereocenters. The van der Waals surface area contributed by atoms with Crippen LogP contribution in [-0.2, 0) is 11.2 Å². The molecule has 4 N–H and O–H groups in total. The van der Waals surface area contributed by atoms with Gasteiger partial charge in [0, 0.05) is 13.0 Å². The van der Waals surface area contributed by atoms with Crippen molar-refractivity contribution in [2.45, 2.75) is 33.2 Å². The first-order valence-electron chi connectivity index (χ1n) is 5.29. The van der Waals surface area contributed by atoms with Gasteiger partial charge >= 0.3 is 0 Å². The maximum absolute atomic E-state index is 11.6. The third-order valence-corrected chi connectivity index (χ3v) is 2.34. The van der Waals surface area contributed by atoms with Gasteiger partial charge in [0.1, 0.15) is 12.2 Å². The van der Waals surface area contributed by atoms with E-state index in [1.54, 1.807) is 0 Å². The summed E-state index contributed by atoms with van der Waals surface area (Å²) in [5.74, 6) is 0.622. The molecule has 0 aliphatic heterocycles. The molecule has 0 saturated carbocycles. The van der Waals surface area contributed by atoms with Gasteiger partial charge in [-0.2, -0.15) is 5.10 Å². The Balaban J connectivity index is 2.30. The predicted molar refractivity (Wildman–Crippen MR) is 60.5 cm³/mol. The van der Waals surface area contributed by atoms with Crippen LogP contribution in [0.15, 0.2) is 6.33 Å². The fourth-order valence-corrected chi connectivity index (χ4v) is 1.16. The van der Waals surface area contributed by atoms with Gasteiger partial charge in [0.05, 0.1) is 6.04 Å². The molecule has 1 heterocycles. The summed E-state index contributed by atoms with van der Waals surface area (Å²) >= 11 is 0. The first-order valence-corrected chi connectivity index (χ1v) is 5.29. The zero-order valence-corrected chi connectivity index (χ0v) is 9.95. The van der Waals surface area contributed by atoms with Crippen LogP contribution in [0.4, 0.5) is 0 Å². The van der Waals surface area contributed by atoms with Gasteiger partial charge in [-0.15, -0.1) is 0 Å². The van der Waals surface area contributed by atoms with E-state index in [0.29, 0.717) is 13.0 Å². The Kier molecular flexibility index (Phi) is 4.00. The lowest BCUT2D eigenvalue weighted by Crippen LogP contribution is -2.49. The zero-order chi connectivity index (χ0) is 12.2. The van der Waals surface area contributed by atoms with Gasteiger partial charge in [-0.05, 0) is 5.41 Å². The van der Waals surface area contributed by atoms with Crippen molar-refractivity contribution in [3.8, 4) is 0 Å². The summed E-state index contributed by atoms with van der Waals surface area (Å²) < 4.78 is 0. The predicted octanol–water partition coefficient (Wildman–Crippen LogP) is -0.163. The van der Waals surface area contributed by atoms with Gasteiger partial charge in [-0.3, -0.25) is 9.89 Å². The number of amides is 1. The van der Waals surface area contributed by atoms with E-state index in [1.165, 1.54) is 6.33 Å². The first-order chi connectivity index (χ1) is 7.41. The Morgan fingerprint density at radius 1 is 1.62 bits per heavy atom. The lowest BCUT2D eigenvalue weighted by atomic mass is 9.87. The number of carbonyl (C=O) groups is 1. The fourth-order valence-electron chi connectivity index (χ4n) is 1.16. The minimum Gasteiger partial charge on any atom is -0.354 e. The Morgan fingerprint density at radius 2 is 2.31 bits per heavy atom. The molecule has 0 fully saturated rings. The molecule has 1 amide bonds. The highest BCUT2D eigenvalue weighted by molar-refractivity contribution is 5.82. The molecule has 90 valence electrons. The van der Waals surface area contributed by atoms with E-state index in [4.69, 9.17) is 5.73 Å². The van der Waals surface area contributed by atoms with Crippen LogP contribution in [-0.4, -0.2) is 33.7 Å². The second-order valence-electron chi connectivity index (χ2n) is 4.82. The highest BCUT2D eigenvalue weighted by Gasteiger charge is 2.26. The lowest BCUT2D eigenvalue weighted by Gasteiger charge is -2.25. The van der Waals surface area contributed by atoms with Gasteiger partial charge in [-0.1, -0.05) is 20.8 Å². The molecule has 0 bridgehead atoms. The number of nitrogens with one attached hydrogen (secondary N) is 2. The minimum atomic E-state index is -0.498. The Labute approximate surface area is 95.0 Å². The molecule has 1 aromatic rings. The molecule has 1 aromatic heterocycles. The molecule has 0 aliphatic rings. The number of aromatic nitrogens is 3. The number of aromatic amines is 1. The second kappa shape index (κ2) is 5.07. The molecule has 0 radical (unpaired) electrons. The van der Waals surface area contributed by atoms with Crippen LogP contribution >= 0.6 is 0 Å². The molecular formula is C10H19N5O. The van der Waals surface area contributed by atoms with E-state index in [-0.39, 0.29) is 11.3 Å². The van der Waals surface area contributed by atoms with Crippen molar-refractivity contribution in [2.24, 2.45) is 11.1 Å². The summed E-state index contributed by atoms with van der Waals surface area (Å²) in [6, 6.07) is -0.498. The molecule has 0 spiro atoms. The van der Waals surface area contributed by atoms with Crippen molar-refractivity contribution in [1.82, 2.24) is 20.5 Å². The molecular weight excluding hydrogens is 206 g/mol. The third-order valence-electron chi connectivity index (χ3n) is 2.34. The molecule has 6 heteroatoms. The second-order valence-corrected chi connectivity index (χ2v) is 4.82. The average Bonchev–Trinajstić information content (AvgIpc) is 2.67. The molecule has 1 rings (SSSR count). The normalized spacial score (nSPS) is 13.5. The van der Waals surface area contributed by atoms with Gasteiger partial charge in [-0.25, -0.2) is 4.98 Å². The number of rotatable bonds is 4. The number of nitrogens with zero attached hydrogens (tertiary/aromatic N) is 2. The van der Waals surface area contributed by atoms with Gasteiger partial charge < -0.3 is 11.1 Å². The summed E-state index contributed by atoms with van der Waals surface area (Å²) in [6.45, 7) is 6.33. The number of hydrogen-bond acceptors (Lipinski definition) is 4. The fraction of sp³-hybridized carbons (Fsp3) is 0.700. The van der Waals surface area contributed by atoms with Crippen molar-refractivity contribution in [2.75, 3.05) is 6.54 Å². The minimum absolute atomic E-state index is 0.132. The van der Waals surface area contributed by atoms with Gasteiger partial charge in [0.2, 0.25) is 5.91 Å². The lowest BCUT2D eigenvalue weighted by molar-refractivity contribution is -0.124. The smallest absolute Gasteiger partial charge is 0.237 e. The van der Waals surface area contributed by atoms with Crippen molar-refractivity contribution in [3.05, 3.63) is 12.2 Å². The van der Waals surface area contributed by atoms with Crippen molar-refractivity contribution in [3.63, 3.8) is 0 Å². The summed E-state index contributed by atoms with van der Waals surface area (Å²) in [7, 11) is 0. The Morgan fingerprint density at radius 3 is 2.81 bits per heavy atom. The summed E-state index contributed by atoms with van der Waals surface area (Å²) in [6.07, 6.45) is 2.07. The molecule has 0 aliphatic carbocycles. The SMILES string of the molecule is CC(C)(C)[C@H](N)C(=O)NCCc1ncn[nH]1. The number of carbonyl (C=O) groups excluding carboxylic acids is 1. The van der Waals surface area contributed by atoms with Crippen LogP contribution in [0.25, 0.3) is 0 Å². The number of hydrogen-bond donors (Lipinski definition) is 3. The van der Waals surface area contributed by atoms with Crippen LogP contribution in [0.3, 0.4) is 0 Å². The third kappa shape index (κ3) is 3.62. The standard InChI is InChI=1S/C10H19N5O/c1-10(2,3)8(11)9(16)12-5-4-7-13-6-14-15-7/h6,8H,4-5,11H2,1-3H3,(H,12,16)(H,13,14,15)/t8-/m1/s1. The highest BCUT2D eigenvalue weighted by atomic mass is 16.2. The molecule has 0 saturated heterocycles. The van der Waals surface area contributed by atoms with Gasteiger partial charge in [0.25, 0.3) is 0 Å². The van der Waals surface area contributed by atoms with E-state index < -0.39 is 6.04 Å². The Hall–Kier alpha value is -1.43. The van der Waals surface area contributed by atoms with Crippen LogP contribution in [0.5, 0.6) is 0 Å². The number of nitrogens with two attached hydrogens (primary N) is 1. The van der Waals surface area contributed by atoms with Crippen LogP contribution < -0.4 is 11.1 Å². The first kappa shape index (κ1) is 12.6. The van der Waals surface area contributed by atoms with Gasteiger partial charge in [0.15, 0.2) is 0 Å².